The van der Waals surface area contributed by atoms with E-state index in [2.05, 4.69) is 27.1 Å². The summed E-state index contributed by atoms with van der Waals surface area (Å²) >= 11 is 1.71. The minimum Gasteiger partial charge on any atom is -0.493 e. The van der Waals surface area contributed by atoms with Gasteiger partial charge < -0.3 is 24.8 Å². The molecule has 0 aliphatic carbocycles. The van der Waals surface area contributed by atoms with Gasteiger partial charge in [0.1, 0.15) is 0 Å². The van der Waals surface area contributed by atoms with E-state index in [4.69, 9.17) is 14.2 Å². The van der Waals surface area contributed by atoms with Crippen LogP contribution < -0.4 is 24.8 Å². The van der Waals surface area contributed by atoms with E-state index in [1.54, 1.807) is 39.7 Å². The quantitative estimate of drug-likeness (QED) is 0.364. The van der Waals surface area contributed by atoms with Gasteiger partial charge in [0.2, 0.25) is 5.75 Å². The van der Waals surface area contributed by atoms with Crippen molar-refractivity contribution in [1.29, 1.82) is 0 Å². The van der Waals surface area contributed by atoms with Gasteiger partial charge in [0.15, 0.2) is 17.5 Å². The van der Waals surface area contributed by atoms with Crippen molar-refractivity contribution in [2.75, 3.05) is 28.4 Å². The molecule has 2 N–H and O–H groups in total. The van der Waals surface area contributed by atoms with Crippen LogP contribution in [0.4, 0.5) is 0 Å². The molecule has 138 valence electrons. The number of nitrogens with one attached hydrogen (secondary N) is 2. The molecule has 0 atom stereocenters. The highest BCUT2D eigenvalue weighted by atomic mass is 127. The van der Waals surface area contributed by atoms with Crippen molar-refractivity contribution in [1.82, 2.24) is 10.6 Å². The van der Waals surface area contributed by atoms with E-state index in [-0.39, 0.29) is 24.0 Å². The first kappa shape index (κ1) is 21.4. The molecular formula is C17H24IN3O3S. The summed E-state index contributed by atoms with van der Waals surface area (Å²) in [5, 5.41) is 8.62. The molecule has 6 nitrogen and oxygen atoms in total. The number of benzene rings is 1. The zero-order chi connectivity index (χ0) is 17.4. The Kier molecular flexibility index (Phi) is 9.43. The number of halogens is 1. The van der Waals surface area contributed by atoms with Gasteiger partial charge in [-0.05, 0) is 29.1 Å². The monoisotopic (exact) mass is 477 g/mol. The van der Waals surface area contributed by atoms with Gasteiger partial charge >= 0.3 is 0 Å². The SMILES string of the molecule is CN=C(NCc1cc(OC)c(OC)c(OC)c1)NCc1cccs1.I. The van der Waals surface area contributed by atoms with Crippen LogP contribution in [0.15, 0.2) is 34.6 Å². The van der Waals surface area contributed by atoms with Gasteiger partial charge in [-0.25, -0.2) is 0 Å². The summed E-state index contributed by atoms with van der Waals surface area (Å²) in [6.07, 6.45) is 0. The van der Waals surface area contributed by atoms with Crippen molar-refractivity contribution in [3.63, 3.8) is 0 Å². The van der Waals surface area contributed by atoms with E-state index in [0.29, 0.717) is 23.8 Å². The number of rotatable bonds is 7. The molecule has 25 heavy (non-hydrogen) atoms. The number of hydrogen-bond acceptors (Lipinski definition) is 5. The molecule has 0 aliphatic heterocycles. The lowest BCUT2D eigenvalue weighted by Gasteiger charge is -2.15. The zero-order valence-electron chi connectivity index (χ0n) is 14.8. The lowest BCUT2D eigenvalue weighted by atomic mass is 10.2. The van der Waals surface area contributed by atoms with Crippen LogP contribution in [-0.4, -0.2) is 34.3 Å². The molecule has 0 amide bonds. The van der Waals surface area contributed by atoms with E-state index in [9.17, 15) is 0 Å². The summed E-state index contributed by atoms with van der Waals surface area (Å²) in [4.78, 5) is 5.49. The molecule has 1 heterocycles. The minimum atomic E-state index is 0. The minimum absolute atomic E-state index is 0. The van der Waals surface area contributed by atoms with Crippen molar-refractivity contribution in [2.24, 2.45) is 4.99 Å². The molecule has 0 unspecified atom stereocenters. The summed E-state index contributed by atoms with van der Waals surface area (Å²) in [5.74, 6) is 2.59. The Balaban J connectivity index is 0.00000312. The summed E-state index contributed by atoms with van der Waals surface area (Å²) in [7, 11) is 6.56. The predicted octanol–water partition coefficient (Wildman–Crippen LogP) is 3.26. The third-order valence-corrected chi connectivity index (χ3v) is 4.29. The van der Waals surface area contributed by atoms with Crippen LogP contribution in [0.1, 0.15) is 10.4 Å². The molecular weight excluding hydrogens is 453 g/mol. The Morgan fingerprint density at radius 3 is 2.16 bits per heavy atom. The van der Waals surface area contributed by atoms with Gasteiger partial charge in [-0.3, -0.25) is 4.99 Å². The van der Waals surface area contributed by atoms with Crippen molar-refractivity contribution in [3.8, 4) is 17.2 Å². The highest BCUT2D eigenvalue weighted by Crippen LogP contribution is 2.38. The normalized spacial score (nSPS) is 10.6. The number of methoxy groups -OCH3 is 3. The number of hydrogen-bond donors (Lipinski definition) is 2. The van der Waals surface area contributed by atoms with Crippen molar-refractivity contribution < 1.29 is 14.2 Å². The molecule has 0 spiro atoms. The highest BCUT2D eigenvalue weighted by molar-refractivity contribution is 14.0. The standard InChI is InChI=1S/C17H23N3O3S.HI/c1-18-17(20-11-13-6-5-7-24-13)19-10-12-8-14(21-2)16(23-4)15(9-12)22-3;/h5-9H,10-11H2,1-4H3,(H2,18,19,20);1H. The first-order valence-electron chi connectivity index (χ1n) is 7.47. The average molecular weight is 477 g/mol. The summed E-state index contributed by atoms with van der Waals surface area (Å²) < 4.78 is 16.1. The van der Waals surface area contributed by atoms with Crippen LogP contribution in [-0.2, 0) is 13.1 Å². The van der Waals surface area contributed by atoms with Gasteiger partial charge in [0.05, 0.1) is 27.9 Å². The molecule has 1 aromatic heterocycles. The van der Waals surface area contributed by atoms with Crippen LogP contribution in [0.3, 0.4) is 0 Å². The number of thiophene rings is 1. The molecule has 1 aromatic carbocycles. The number of ether oxygens (including phenoxy) is 3. The molecule has 0 saturated carbocycles. The van der Waals surface area contributed by atoms with Gasteiger partial charge in [-0.2, -0.15) is 0 Å². The Hall–Kier alpha value is -1.68. The number of guanidine groups is 1. The van der Waals surface area contributed by atoms with Gasteiger partial charge in [0, 0.05) is 18.5 Å². The topological polar surface area (TPSA) is 64.1 Å². The first-order valence-corrected chi connectivity index (χ1v) is 8.35. The van der Waals surface area contributed by atoms with Crippen LogP contribution in [0, 0.1) is 0 Å². The summed E-state index contributed by atoms with van der Waals surface area (Å²) in [6.45, 7) is 1.33. The maximum Gasteiger partial charge on any atom is 0.203 e. The maximum atomic E-state index is 5.37. The lowest BCUT2D eigenvalue weighted by Crippen LogP contribution is -2.36. The van der Waals surface area contributed by atoms with Gasteiger partial charge in [0.25, 0.3) is 0 Å². The predicted molar refractivity (Wildman–Crippen MR) is 113 cm³/mol. The van der Waals surface area contributed by atoms with E-state index in [1.807, 2.05) is 18.2 Å². The molecule has 0 saturated heterocycles. The Morgan fingerprint density at radius 1 is 1.04 bits per heavy atom. The third-order valence-electron chi connectivity index (χ3n) is 3.42. The Morgan fingerprint density at radius 2 is 1.68 bits per heavy atom. The summed E-state index contributed by atoms with van der Waals surface area (Å²) in [6, 6.07) is 7.96. The first-order chi connectivity index (χ1) is 11.7. The molecule has 0 fully saturated rings. The molecule has 2 rings (SSSR count). The van der Waals surface area contributed by atoms with E-state index in [1.165, 1.54) is 4.88 Å². The van der Waals surface area contributed by atoms with E-state index in [0.717, 1.165) is 18.1 Å². The van der Waals surface area contributed by atoms with Gasteiger partial charge in [-0.15, -0.1) is 35.3 Å². The second kappa shape index (κ2) is 11.0. The smallest absolute Gasteiger partial charge is 0.203 e. The number of nitrogens with zero attached hydrogens (tertiary/aromatic N) is 1. The fourth-order valence-corrected chi connectivity index (χ4v) is 2.87. The fraction of sp³-hybridized carbons (Fsp3) is 0.353. The number of aliphatic imine (C=N–C) groups is 1. The van der Waals surface area contributed by atoms with Crippen molar-refractivity contribution in [3.05, 3.63) is 40.1 Å². The maximum absolute atomic E-state index is 5.37. The third kappa shape index (κ3) is 5.96. The Labute approximate surface area is 169 Å². The molecule has 0 radical (unpaired) electrons. The average Bonchev–Trinajstić information content (AvgIpc) is 3.14. The van der Waals surface area contributed by atoms with Crippen LogP contribution in [0.25, 0.3) is 0 Å². The second-order valence-electron chi connectivity index (χ2n) is 4.89. The van der Waals surface area contributed by atoms with Crippen LogP contribution in [0.2, 0.25) is 0 Å². The van der Waals surface area contributed by atoms with E-state index >= 15 is 0 Å². The molecule has 0 aliphatic rings. The molecule has 0 bridgehead atoms. The van der Waals surface area contributed by atoms with Crippen LogP contribution >= 0.6 is 35.3 Å². The van der Waals surface area contributed by atoms with Crippen LogP contribution in [0.5, 0.6) is 17.2 Å². The largest absolute Gasteiger partial charge is 0.493 e. The van der Waals surface area contributed by atoms with Gasteiger partial charge in [-0.1, -0.05) is 6.07 Å². The van der Waals surface area contributed by atoms with Crippen molar-refractivity contribution >= 4 is 41.3 Å². The highest BCUT2D eigenvalue weighted by Gasteiger charge is 2.13. The van der Waals surface area contributed by atoms with Crippen molar-refractivity contribution in [2.45, 2.75) is 13.1 Å². The molecule has 2 aromatic rings. The lowest BCUT2D eigenvalue weighted by molar-refractivity contribution is 0.323. The second-order valence-corrected chi connectivity index (χ2v) is 5.92. The molecule has 8 heteroatoms. The van der Waals surface area contributed by atoms with E-state index < -0.39 is 0 Å². The fourth-order valence-electron chi connectivity index (χ4n) is 2.23. The Bertz CT molecular complexity index is 653. The zero-order valence-corrected chi connectivity index (χ0v) is 17.9. The summed E-state index contributed by atoms with van der Waals surface area (Å²) in [5.41, 5.74) is 1.00.